The second-order valence-electron chi connectivity index (χ2n) is 4.86. The molecule has 0 amide bonds. The summed E-state index contributed by atoms with van der Waals surface area (Å²) < 4.78 is 37.5. The van der Waals surface area contributed by atoms with Gasteiger partial charge in [-0.2, -0.15) is 0 Å². The number of hydrogen-bond acceptors (Lipinski definition) is 4. The first-order valence-corrected chi connectivity index (χ1v) is 9.83. The molecule has 1 atom stereocenters. The van der Waals surface area contributed by atoms with Gasteiger partial charge in [-0.25, -0.2) is 13.4 Å². The van der Waals surface area contributed by atoms with Crippen LogP contribution in [0.15, 0.2) is 75.6 Å². The molecule has 5 nitrogen and oxygen atoms in total. The van der Waals surface area contributed by atoms with Crippen molar-refractivity contribution >= 4 is 20.6 Å². The fourth-order valence-electron chi connectivity index (χ4n) is 2.16. The Hall–Kier alpha value is -2.25. The third kappa shape index (κ3) is 2.97. The number of benzene rings is 2. The van der Waals surface area contributed by atoms with Crippen LogP contribution >= 0.6 is 0 Å². The number of imidazole rings is 1. The van der Waals surface area contributed by atoms with Crippen LogP contribution < -0.4 is 0 Å². The molecule has 0 aliphatic carbocycles. The van der Waals surface area contributed by atoms with Crippen molar-refractivity contribution in [1.82, 2.24) is 9.97 Å². The molecular weight excluding hydrogens is 332 g/mol. The van der Waals surface area contributed by atoms with Gasteiger partial charge < -0.3 is 4.98 Å². The van der Waals surface area contributed by atoms with Crippen molar-refractivity contribution in [3.05, 3.63) is 60.7 Å². The first kappa shape index (κ1) is 15.6. The molecule has 7 heteroatoms. The van der Waals surface area contributed by atoms with Crippen molar-refractivity contribution in [2.75, 3.05) is 6.26 Å². The monoisotopic (exact) mass is 346 g/mol. The van der Waals surface area contributed by atoms with E-state index in [2.05, 4.69) is 9.97 Å². The van der Waals surface area contributed by atoms with Crippen molar-refractivity contribution in [2.45, 2.75) is 14.9 Å². The molecule has 2 aromatic carbocycles. The summed E-state index contributed by atoms with van der Waals surface area (Å²) in [7, 11) is -5.35. The topological polar surface area (TPSA) is 79.9 Å². The van der Waals surface area contributed by atoms with E-state index in [4.69, 9.17) is 0 Å². The highest BCUT2D eigenvalue weighted by molar-refractivity contribution is 7.92. The smallest absolute Gasteiger partial charge is 0.226 e. The molecule has 0 aliphatic heterocycles. The minimum absolute atomic E-state index is 0.104. The third-order valence-electron chi connectivity index (χ3n) is 3.28. The van der Waals surface area contributed by atoms with Crippen LogP contribution in [0.25, 0.3) is 11.4 Å². The van der Waals surface area contributed by atoms with Gasteiger partial charge >= 0.3 is 0 Å². The molecule has 0 fully saturated rings. The Morgan fingerprint density at radius 2 is 1.52 bits per heavy atom. The Kier molecular flexibility index (Phi) is 4.14. The molecule has 23 heavy (non-hydrogen) atoms. The molecule has 1 heterocycles. The van der Waals surface area contributed by atoms with Gasteiger partial charge in [-0.1, -0.05) is 48.5 Å². The van der Waals surface area contributed by atoms with E-state index in [1.165, 1.54) is 18.4 Å². The van der Waals surface area contributed by atoms with Gasteiger partial charge in [0.15, 0.2) is 5.03 Å². The molecule has 0 bridgehead atoms. The summed E-state index contributed by atoms with van der Waals surface area (Å²) in [5.74, 6) is 0.380. The van der Waals surface area contributed by atoms with E-state index in [1.54, 1.807) is 30.3 Å². The van der Waals surface area contributed by atoms with Gasteiger partial charge in [0, 0.05) is 11.8 Å². The number of rotatable bonds is 4. The highest BCUT2D eigenvalue weighted by atomic mass is 32.2. The number of nitrogens with one attached hydrogen (secondary N) is 1. The zero-order valence-corrected chi connectivity index (χ0v) is 13.9. The molecule has 1 aromatic heterocycles. The lowest BCUT2D eigenvalue weighted by molar-refractivity contribution is 0.589. The Morgan fingerprint density at radius 1 is 0.957 bits per heavy atom. The average Bonchev–Trinajstić information content (AvgIpc) is 3.03. The molecule has 0 saturated carbocycles. The number of aromatic nitrogens is 2. The van der Waals surface area contributed by atoms with E-state index in [0.29, 0.717) is 5.82 Å². The number of H-pyrrole nitrogens is 1. The average molecular weight is 346 g/mol. The largest absolute Gasteiger partial charge is 0.330 e. The van der Waals surface area contributed by atoms with Crippen molar-refractivity contribution < 1.29 is 12.6 Å². The highest BCUT2D eigenvalue weighted by Crippen LogP contribution is 2.27. The summed E-state index contributed by atoms with van der Waals surface area (Å²) >= 11 is 0. The fourth-order valence-corrected chi connectivity index (χ4v) is 4.62. The van der Waals surface area contributed by atoms with E-state index in [9.17, 15) is 12.6 Å². The lowest BCUT2D eigenvalue weighted by Gasteiger charge is -2.02. The maximum Gasteiger partial charge on any atom is 0.226 e. The van der Waals surface area contributed by atoms with E-state index >= 15 is 0 Å². The van der Waals surface area contributed by atoms with E-state index < -0.39 is 20.6 Å². The van der Waals surface area contributed by atoms with Gasteiger partial charge in [-0.05, 0) is 12.1 Å². The lowest BCUT2D eigenvalue weighted by Crippen LogP contribution is -2.06. The van der Waals surface area contributed by atoms with E-state index in [1.807, 2.05) is 18.2 Å². The SMILES string of the molecule is C[S@](=O)c1[nH]c(-c2ccccc2)nc1S(=O)(=O)c1ccccc1. The van der Waals surface area contributed by atoms with Gasteiger partial charge in [-0.3, -0.25) is 4.21 Å². The lowest BCUT2D eigenvalue weighted by atomic mass is 10.2. The predicted octanol–water partition coefficient (Wildman–Crippen LogP) is 2.65. The van der Waals surface area contributed by atoms with Crippen LogP contribution in [0.5, 0.6) is 0 Å². The number of hydrogen-bond donors (Lipinski definition) is 1. The van der Waals surface area contributed by atoms with Crippen LogP contribution in [-0.4, -0.2) is 28.9 Å². The number of sulfone groups is 1. The summed E-state index contributed by atoms with van der Waals surface area (Å²) in [6.07, 6.45) is 1.42. The van der Waals surface area contributed by atoms with Gasteiger partial charge in [0.1, 0.15) is 10.9 Å². The van der Waals surface area contributed by atoms with Crippen LogP contribution in [-0.2, 0) is 20.6 Å². The summed E-state index contributed by atoms with van der Waals surface area (Å²) in [5, 5.41) is -0.0870. The zero-order valence-electron chi connectivity index (χ0n) is 12.3. The minimum Gasteiger partial charge on any atom is -0.330 e. The Labute approximate surface area is 136 Å². The highest BCUT2D eigenvalue weighted by Gasteiger charge is 2.27. The molecule has 0 saturated heterocycles. The summed E-state index contributed by atoms with van der Waals surface area (Å²) in [4.78, 5) is 7.22. The first-order valence-electron chi connectivity index (χ1n) is 6.79. The summed E-state index contributed by atoms with van der Waals surface area (Å²) in [6.45, 7) is 0. The van der Waals surface area contributed by atoms with Crippen molar-refractivity contribution in [1.29, 1.82) is 0 Å². The molecule has 3 rings (SSSR count). The Bertz CT molecular complexity index is 950. The van der Waals surface area contributed by atoms with Crippen LogP contribution in [0.4, 0.5) is 0 Å². The first-order chi connectivity index (χ1) is 11.0. The maximum absolute atomic E-state index is 12.8. The second-order valence-corrected chi connectivity index (χ2v) is 8.04. The molecule has 118 valence electrons. The predicted molar refractivity (Wildman–Crippen MR) is 88.2 cm³/mol. The van der Waals surface area contributed by atoms with Crippen LogP contribution in [0.1, 0.15) is 0 Å². The molecule has 3 aromatic rings. The number of aromatic amines is 1. The van der Waals surface area contributed by atoms with E-state index in [0.717, 1.165) is 5.56 Å². The van der Waals surface area contributed by atoms with Crippen LogP contribution in [0.3, 0.4) is 0 Å². The molecule has 0 spiro atoms. The Morgan fingerprint density at radius 3 is 2.09 bits per heavy atom. The zero-order chi connectivity index (χ0) is 16.4. The standard InChI is InChI=1S/C16H14N2O3S2/c1-22(19)15-16(23(20,21)13-10-6-3-7-11-13)18-14(17-15)12-8-4-2-5-9-12/h2-11H,1H3,(H,17,18)/t22-/m0/s1. The third-order valence-corrected chi connectivity index (χ3v) is 5.98. The normalized spacial score (nSPS) is 12.9. The molecule has 0 radical (unpaired) electrons. The minimum atomic E-state index is -3.84. The Balaban J connectivity index is 2.20. The van der Waals surface area contributed by atoms with E-state index in [-0.39, 0.29) is 14.9 Å². The summed E-state index contributed by atoms with van der Waals surface area (Å²) in [5.41, 5.74) is 0.730. The van der Waals surface area contributed by atoms with Crippen LogP contribution in [0.2, 0.25) is 0 Å². The van der Waals surface area contributed by atoms with Gasteiger partial charge in [0.2, 0.25) is 9.84 Å². The molecular formula is C16H14N2O3S2. The second kappa shape index (κ2) is 6.10. The van der Waals surface area contributed by atoms with Crippen molar-refractivity contribution in [2.24, 2.45) is 0 Å². The molecule has 0 unspecified atom stereocenters. The van der Waals surface area contributed by atoms with Crippen molar-refractivity contribution in [3.8, 4) is 11.4 Å². The molecule has 0 aliphatic rings. The van der Waals surface area contributed by atoms with Crippen molar-refractivity contribution in [3.63, 3.8) is 0 Å². The number of nitrogens with zero attached hydrogens (tertiary/aromatic N) is 1. The van der Waals surface area contributed by atoms with Gasteiger partial charge in [0.05, 0.1) is 15.7 Å². The van der Waals surface area contributed by atoms with Gasteiger partial charge in [-0.15, -0.1) is 0 Å². The quantitative estimate of drug-likeness (QED) is 0.787. The molecule has 1 N–H and O–H groups in total. The van der Waals surface area contributed by atoms with Gasteiger partial charge in [0.25, 0.3) is 0 Å². The summed E-state index contributed by atoms with van der Waals surface area (Å²) in [6, 6.07) is 17.1. The fraction of sp³-hybridized carbons (Fsp3) is 0.0625. The maximum atomic E-state index is 12.8. The van der Waals surface area contributed by atoms with Crippen LogP contribution in [0, 0.1) is 0 Å².